The lowest BCUT2D eigenvalue weighted by Crippen LogP contribution is -2.50. The van der Waals surface area contributed by atoms with Gasteiger partial charge in [0, 0.05) is 12.5 Å². The molecule has 2 heterocycles. The van der Waals surface area contributed by atoms with E-state index < -0.39 is 6.04 Å². The van der Waals surface area contributed by atoms with Gasteiger partial charge in [-0.3, -0.25) is 4.79 Å². The van der Waals surface area contributed by atoms with Crippen molar-refractivity contribution in [3.8, 4) is 0 Å². The normalized spacial score (nSPS) is 21.6. The van der Waals surface area contributed by atoms with Gasteiger partial charge in [-0.25, -0.2) is 9.67 Å². The molecule has 6 nitrogen and oxygen atoms in total. The topological polar surface area (TPSA) is 85.8 Å². The summed E-state index contributed by atoms with van der Waals surface area (Å²) in [5.41, 5.74) is 5.94. The van der Waals surface area contributed by atoms with Crippen LogP contribution in [-0.2, 0) is 17.8 Å². The standard InChI is InChI=1S/C13H23N5O/c1-4-8(2)12(14)13(19)16-10-5-6-11-15-9(3)17-18(11)7-10/h8,10,12H,4-7,14H2,1-3H3,(H,16,19). The first-order valence-corrected chi connectivity index (χ1v) is 6.97. The van der Waals surface area contributed by atoms with Crippen molar-refractivity contribution in [2.24, 2.45) is 11.7 Å². The van der Waals surface area contributed by atoms with Crippen LogP contribution >= 0.6 is 0 Å². The molecule has 1 aromatic rings. The van der Waals surface area contributed by atoms with Gasteiger partial charge in [-0.15, -0.1) is 0 Å². The summed E-state index contributed by atoms with van der Waals surface area (Å²) in [7, 11) is 0. The second-order valence-corrected chi connectivity index (χ2v) is 5.41. The lowest BCUT2D eigenvalue weighted by Gasteiger charge is -2.26. The SMILES string of the molecule is CCC(C)C(N)C(=O)NC1CCc2nc(C)nn2C1. The highest BCUT2D eigenvalue weighted by Crippen LogP contribution is 2.13. The molecule has 0 spiro atoms. The Morgan fingerprint density at radius 1 is 1.63 bits per heavy atom. The molecule has 0 fully saturated rings. The van der Waals surface area contributed by atoms with Crippen molar-refractivity contribution in [2.45, 2.75) is 58.7 Å². The number of nitrogens with zero attached hydrogens (tertiary/aromatic N) is 3. The van der Waals surface area contributed by atoms with E-state index >= 15 is 0 Å². The van der Waals surface area contributed by atoms with Crippen LogP contribution in [0.5, 0.6) is 0 Å². The molecule has 0 bridgehead atoms. The van der Waals surface area contributed by atoms with Crippen molar-refractivity contribution < 1.29 is 4.79 Å². The molecule has 3 unspecified atom stereocenters. The molecular formula is C13H23N5O. The summed E-state index contributed by atoms with van der Waals surface area (Å²) in [6.45, 7) is 6.62. The minimum Gasteiger partial charge on any atom is -0.350 e. The number of nitrogens with one attached hydrogen (secondary N) is 1. The van der Waals surface area contributed by atoms with Gasteiger partial charge in [-0.1, -0.05) is 20.3 Å². The number of rotatable bonds is 4. The van der Waals surface area contributed by atoms with E-state index in [9.17, 15) is 4.79 Å². The van der Waals surface area contributed by atoms with Crippen molar-refractivity contribution >= 4 is 5.91 Å². The maximum atomic E-state index is 12.0. The first kappa shape index (κ1) is 14.0. The molecule has 0 aromatic carbocycles. The summed E-state index contributed by atoms with van der Waals surface area (Å²) in [5, 5.41) is 7.36. The quantitative estimate of drug-likeness (QED) is 0.824. The average molecular weight is 265 g/mol. The molecule has 19 heavy (non-hydrogen) atoms. The third-order valence-corrected chi connectivity index (χ3v) is 3.87. The predicted octanol–water partition coefficient (Wildman–Crippen LogP) is 0.391. The van der Waals surface area contributed by atoms with Crippen LogP contribution in [-0.4, -0.2) is 32.8 Å². The number of aryl methyl sites for hydroxylation is 2. The molecule has 0 radical (unpaired) electrons. The molecule has 6 heteroatoms. The zero-order valence-corrected chi connectivity index (χ0v) is 11.9. The predicted molar refractivity (Wildman–Crippen MR) is 72.4 cm³/mol. The molecule has 2 rings (SSSR count). The minimum absolute atomic E-state index is 0.0559. The van der Waals surface area contributed by atoms with E-state index in [4.69, 9.17) is 5.73 Å². The number of aromatic nitrogens is 3. The molecular weight excluding hydrogens is 242 g/mol. The van der Waals surface area contributed by atoms with E-state index in [-0.39, 0.29) is 17.9 Å². The van der Waals surface area contributed by atoms with Crippen molar-refractivity contribution in [2.75, 3.05) is 0 Å². The van der Waals surface area contributed by atoms with E-state index in [0.717, 1.165) is 30.9 Å². The highest BCUT2D eigenvalue weighted by molar-refractivity contribution is 5.82. The van der Waals surface area contributed by atoms with Crippen molar-refractivity contribution in [1.82, 2.24) is 20.1 Å². The molecule has 0 saturated heterocycles. The third-order valence-electron chi connectivity index (χ3n) is 3.87. The number of hydrogen-bond acceptors (Lipinski definition) is 4. The number of nitrogens with two attached hydrogens (primary N) is 1. The smallest absolute Gasteiger partial charge is 0.237 e. The number of fused-ring (bicyclic) bond motifs is 1. The van der Waals surface area contributed by atoms with E-state index in [2.05, 4.69) is 15.4 Å². The molecule has 1 amide bonds. The summed E-state index contributed by atoms with van der Waals surface area (Å²) < 4.78 is 1.89. The maximum Gasteiger partial charge on any atom is 0.237 e. The van der Waals surface area contributed by atoms with E-state index in [1.165, 1.54) is 0 Å². The van der Waals surface area contributed by atoms with Gasteiger partial charge in [-0.2, -0.15) is 5.10 Å². The van der Waals surface area contributed by atoms with Gasteiger partial charge in [0.15, 0.2) is 0 Å². The Morgan fingerprint density at radius 3 is 3.05 bits per heavy atom. The lowest BCUT2D eigenvalue weighted by molar-refractivity contribution is -0.124. The highest BCUT2D eigenvalue weighted by atomic mass is 16.2. The van der Waals surface area contributed by atoms with Crippen molar-refractivity contribution in [3.05, 3.63) is 11.6 Å². The second-order valence-electron chi connectivity index (χ2n) is 5.41. The van der Waals surface area contributed by atoms with Crippen LogP contribution in [0.3, 0.4) is 0 Å². The second kappa shape index (κ2) is 5.69. The fourth-order valence-electron chi connectivity index (χ4n) is 2.36. The molecule has 0 aliphatic carbocycles. The minimum atomic E-state index is -0.427. The largest absolute Gasteiger partial charge is 0.350 e. The van der Waals surface area contributed by atoms with E-state index in [1.807, 2.05) is 25.5 Å². The zero-order valence-electron chi connectivity index (χ0n) is 11.9. The first-order valence-electron chi connectivity index (χ1n) is 6.97. The monoisotopic (exact) mass is 265 g/mol. The molecule has 1 aliphatic rings. The Hall–Kier alpha value is -1.43. The number of carbonyl (C=O) groups excluding carboxylic acids is 1. The molecule has 1 aliphatic heterocycles. The van der Waals surface area contributed by atoms with Crippen LogP contribution in [0.1, 0.15) is 38.3 Å². The van der Waals surface area contributed by atoms with Crippen LogP contribution in [0.2, 0.25) is 0 Å². The number of hydrogen-bond donors (Lipinski definition) is 2. The van der Waals surface area contributed by atoms with Crippen LogP contribution in [0, 0.1) is 12.8 Å². The Bertz CT molecular complexity index is 456. The van der Waals surface area contributed by atoms with Gasteiger partial charge in [0.25, 0.3) is 0 Å². The van der Waals surface area contributed by atoms with Crippen LogP contribution < -0.4 is 11.1 Å². The van der Waals surface area contributed by atoms with Crippen LogP contribution in [0.4, 0.5) is 0 Å². The third kappa shape index (κ3) is 3.12. The Morgan fingerprint density at radius 2 is 2.37 bits per heavy atom. The fourth-order valence-corrected chi connectivity index (χ4v) is 2.36. The molecule has 0 saturated carbocycles. The van der Waals surface area contributed by atoms with Crippen molar-refractivity contribution in [1.29, 1.82) is 0 Å². The summed E-state index contributed by atoms with van der Waals surface area (Å²) in [4.78, 5) is 16.4. The van der Waals surface area contributed by atoms with Crippen LogP contribution in [0.25, 0.3) is 0 Å². The van der Waals surface area contributed by atoms with Crippen molar-refractivity contribution in [3.63, 3.8) is 0 Å². The van der Waals surface area contributed by atoms with Gasteiger partial charge < -0.3 is 11.1 Å². The summed E-state index contributed by atoms with van der Waals surface area (Å²) >= 11 is 0. The van der Waals surface area contributed by atoms with Gasteiger partial charge >= 0.3 is 0 Å². The lowest BCUT2D eigenvalue weighted by atomic mass is 9.98. The number of amides is 1. The van der Waals surface area contributed by atoms with Gasteiger partial charge in [0.2, 0.25) is 5.91 Å². The fraction of sp³-hybridized carbons (Fsp3) is 0.769. The molecule has 3 atom stereocenters. The maximum absolute atomic E-state index is 12.0. The molecule has 106 valence electrons. The molecule has 3 N–H and O–H groups in total. The zero-order chi connectivity index (χ0) is 14.0. The van der Waals surface area contributed by atoms with Gasteiger partial charge in [0.1, 0.15) is 11.6 Å². The van der Waals surface area contributed by atoms with Gasteiger partial charge in [0.05, 0.1) is 12.6 Å². The highest BCUT2D eigenvalue weighted by Gasteiger charge is 2.25. The van der Waals surface area contributed by atoms with Crippen LogP contribution in [0.15, 0.2) is 0 Å². The van der Waals surface area contributed by atoms with E-state index in [1.54, 1.807) is 0 Å². The summed E-state index contributed by atoms with van der Waals surface area (Å²) in [5.74, 6) is 1.94. The Kier molecular flexibility index (Phi) is 4.19. The van der Waals surface area contributed by atoms with Gasteiger partial charge in [-0.05, 0) is 19.3 Å². The molecule has 1 aromatic heterocycles. The van der Waals surface area contributed by atoms with E-state index in [0.29, 0.717) is 6.54 Å². The first-order chi connectivity index (χ1) is 9.01. The summed E-state index contributed by atoms with van der Waals surface area (Å²) in [6, 6.07) is -0.319. The summed E-state index contributed by atoms with van der Waals surface area (Å²) in [6.07, 6.45) is 2.66. The average Bonchev–Trinajstić information content (AvgIpc) is 2.76. The Balaban J connectivity index is 1.93. The number of carbonyl (C=O) groups is 1. The Labute approximate surface area is 113 Å².